The number of likely N-dealkylation sites (tertiary alicyclic amines) is 1. The highest BCUT2D eigenvalue weighted by atomic mass is 19.1. The Hall–Kier alpha value is -3.22. The number of rotatable bonds is 7. The molecule has 6 nitrogen and oxygen atoms in total. The summed E-state index contributed by atoms with van der Waals surface area (Å²) in [6, 6.07) is 10.8. The van der Waals surface area contributed by atoms with Crippen molar-refractivity contribution >= 4 is 23.4 Å². The number of aryl methyl sites for hydroxylation is 1. The average Bonchev–Trinajstić information content (AvgIpc) is 2.81. The second-order valence-electron chi connectivity index (χ2n) is 8.55. The molecule has 0 aliphatic carbocycles. The Morgan fingerprint density at radius 3 is 2.33 bits per heavy atom. The van der Waals surface area contributed by atoms with E-state index in [9.17, 15) is 18.8 Å². The molecule has 1 fully saturated rings. The molecule has 2 N–H and O–H groups in total. The fraction of sp³-hybridized carbons (Fsp3) is 0.423. The molecule has 1 heterocycles. The van der Waals surface area contributed by atoms with Crippen LogP contribution in [-0.4, -0.2) is 41.8 Å². The van der Waals surface area contributed by atoms with E-state index in [-0.39, 0.29) is 29.3 Å². The first kappa shape index (κ1) is 24.4. The van der Waals surface area contributed by atoms with Gasteiger partial charge in [-0.05, 0) is 62.4 Å². The predicted octanol–water partition coefficient (Wildman–Crippen LogP) is 4.54. The van der Waals surface area contributed by atoms with Crippen molar-refractivity contribution in [3.8, 4) is 0 Å². The predicted molar refractivity (Wildman–Crippen MR) is 127 cm³/mol. The number of benzene rings is 2. The van der Waals surface area contributed by atoms with Crippen LogP contribution in [-0.2, 0) is 4.79 Å². The van der Waals surface area contributed by atoms with Crippen LogP contribution in [0.2, 0.25) is 0 Å². The first-order valence-corrected chi connectivity index (χ1v) is 11.6. The Bertz CT molecular complexity index is 1010. The average molecular weight is 454 g/mol. The molecule has 0 spiro atoms. The Kier molecular flexibility index (Phi) is 8.20. The minimum absolute atomic E-state index is 0.0130. The van der Waals surface area contributed by atoms with Crippen LogP contribution in [0.3, 0.4) is 0 Å². The molecule has 0 unspecified atom stereocenters. The maximum absolute atomic E-state index is 13.9. The Morgan fingerprint density at radius 2 is 1.70 bits per heavy atom. The number of piperidine rings is 1. The smallest absolute Gasteiger partial charge is 0.258 e. The third-order valence-corrected chi connectivity index (χ3v) is 6.34. The molecule has 0 radical (unpaired) electrons. The monoisotopic (exact) mass is 453 g/mol. The van der Waals surface area contributed by atoms with Crippen molar-refractivity contribution in [3.05, 3.63) is 65.0 Å². The van der Waals surface area contributed by atoms with Gasteiger partial charge in [0.2, 0.25) is 5.91 Å². The maximum atomic E-state index is 13.9. The molecule has 3 rings (SSSR count). The van der Waals surface area contributed by atoms with E-state index in [1.165, 1.54) is 18.2 Å². The third-order valence-electron chi connectivity index (χ3n) is 6.34. The lowest BCUT2D eigenvalue weighted by molar-refractivity contribution is -0.136. The van der Waals surface area contributed by atoms with E-state index in [1.807, 2.05) is 25.7 Å². The lowest BCUT2D eigenvalue weighted by atomic mass is 9.98. The first-order chi connectivity index (χ1) is 15.8. The summed E-state index contributed by atoms with van der Waals surface area (Å²) < 4.78 is 13.9. The number of hydrogen-bond donors (Lipinski definition) is 2. The van der Waals surface area contributed by atoms with Crippen molar-refractivity contribution in [2.24, 2.45) is 5.92 Å². The number of anilines is 1. The zero-order valence-electron chi connectivity index (χ0n) is 19.5. The standard InChI is InChI=1S/C26H32FN3O3/c1-4-18(5-2)26(33)30-14-12-20(13-15-30)28-24(31)19-11-10-17(3)23(16-19)29-25(32)21-8-6-7-9-22(21)27/h6-11,16,18,20H,4-5,12-15H2,1-3H3,(H,28,31)(H,29,32). The summed E-state index contributed by atoms with van der Waals surface area (Å²) in [4.78, 5) is 39.8. The van der Waals surface area contributed by atoms with Gasteiger partial charge < -0.3 is 15.5 Å². The Balaban J connectivity index is 1.61. The number of nitrogens with one attached hydrogen (secondary N) is 2. The zero-order chi connectivity index (χ0) is 24.0. The highest BCUT2D eigenvalue weighted by Crippen LogP contribution is 2.21. The van der Waals surface area contributed by atoms with Crippen molar-refractivity contribution in [1.82, 2.24) is 10.2 Å². The van der Waals surface area contributed by atoms with Crippen molar-refractivity contribution in [2.45, 2.75) is 52.5 Å². The number of hydrogen-bond acceptors (Lipinski definition) is 3. The third kappa shape index (κ3) is 5.97. The minimum Gasteiger partial charge on any atom is -0.349 e. The van der Waals surface area contributed by atoms with Gasteiger partial charge in [0.25, 0.3) is 11.8 Å². The fourth-order valence-electron chi connectivity index (χ4n) is 4.14. The Morgan fingerprint density at radius 1 is 1.03 bits per heavy atom. The SMILES string of the molecule is CCC(CC)C(=O)N1CCC(NC(=O)c2ccc(C)c(NC(=O)c3ccccc3F)c2)CC1. The number of nitrogens with zero attached hydrogens (tertiary/aromatic N) is 1. The molecule has 1 aliphatic rings. The molecule has 2 aromatic carbocycles. The first-order valence-electron chi connectivity index (χ1n) is 11.6. The normalized spacial score (nSPS) is 14.3. The summed E-state index contributed by atoms with van der Waals surface area (Å²) in [7, 11) is 0. The minimum atomic E-state index is -0.601. The van der Waals surface area contributed by atoms with Crippen LogP contribution in [0, 0.1) is 18.7 Å². The highest BCUT2D eigenvalue weighted by Gasteiger charge is 2.27. The van der Waals surface area contributed by atoms with Gasteiger partial charge in [-0.25, -0.2) is 4.39 Å². The van der Waals surface area contributed by atoms with Crippen LogP contribution in [0.4, 0.5) is 10.1 Å². The molecule has 1 saturated heterocycles. The van der Waals surface area contributed by atoms with Gasteiger partial charge in [-0.3, -0.25) is 14.4 Å². The molecule has 0 saturated carbocycles. The molecule has 0 aromatic heterocycles. The van der Waals surface area contributed by atoms with E-state index in [0.29, 0.717) is 37.2 Å². The Labute approximate surface area is 194 Å². The number of carbonyl (C=O) groups is 3. The number of carbonyl (C=O) groups excluding carboxylic acids is 3. The van der Waals surface area contributed by atoms with Crippen LogP contribution >= 0.6 is 0 Å². The zero-order valence-corrected chi connectivity index (χ0v) is 19.5. The van der Waals surface area contributed by atoms with Crippen molar-refractivity contribution in [3.63, 3.8) is 0 Å². The van der Waals surface area contributed by atoms with E-state index in [1.54, 1.807) is 24.3 Å². The molecular formula is C26H32FN3O3. The number of amides is 3. The molecule has 33 heavy (non-hydrogen) atoms. The molecule has 3 amide bonds. The van der Waals surface area contributed by atoms with Crippen molar-refractivity contribution in [1.29, 1.82) is 0 Å². The quantitative estimate of drug-likeness (QED) is 0.646. The lowest BCUT2D eigenvalue weighted by Gasteiger charge is -2.34. The topological polar surface area (TPSA) is 78.5 Å². The van der Waals surface area contributed by atoms with E-state index in [2.05, 4.69) is 10.6 Å². The van der Waals surface area contributed by atoms with Gasteiger partial charge in [0.05, 0.1) is 5.56 Å². The van der Waals surface area contributed by atoms with Gasteiger partial charge in [0.1, 0.15) is 5.82 Å². The second-order valence-corrected chi connectivity index (χ2v) is 8.55. The van der Waals surface area contributed by atoms with Crippen molar-refractivity contribution < 1.29 is 18.8 Å². The van der Waals surface area contributed by atoms with Crippen molar-refractivity contribution in [2.75, 3.05) is 18.4 Å². The van der Waals surface area contributed by atoms with E-state index < -0.39 is 11.7 Å². The number of halogens is 1. The van der Waals surface area contributed by atoms with E-state index in [0.717, 1.165) is 18.4 Å². The maximum Gasteiger partial charge on any atom is 0.258 e. The molecule has 7 heteroatoms. The summed E-state index contributed by atoms with van der Waals surface area (Å²) in [5, 5.41) is 5.75. The largest absolute Gasteiger partial charge is 0.349 e. The molecule has 0 atom stereocenters. The summed E-state index contributed by atoms with van der Waals surface area (Å²) in [5.41, 5.74) is 1.59. The van der Waals surface area contributed by atoms with Gasteiger partial charge in [0.15, 0.2) is 0 Å². The van der Waals surface area contributed by atoms with E-state index >= 15 is 0 Å². The molecule has 1 aliphatic heterocycles. The summed E-state index contributed by atoms with van der Waals surface area (Å²) in [6.45, 7) is 7.16. The molecular weight excluding hydrogens is 421 g/mol. The van der Waals surface area contributed by atoms with Gasteiger partial charge in [0, 0.05) is 36.3 Å². The van der Waals surface area contributed by atoms with Crippen LogP contribution in [0.5, 0.6) is 0 Å². The molecule has 2 aromatic rings. The summed E-state index contributed by atoms with van der Waals surface area (Å²) >= 11 is 0. The molecule has 176 valence electrons. The lowest BCUT2D eigenvalue weighted by Crippen LogP contribution is -2.48. The van der Waals surface area contributed by atoms with Gasteiger partial charge in [-0.2, -0.15) is 0 Å². The van der Waals surface area contributed by atoms with Crippen LogP contribution in [0.15, 0.2) is 42.5 Å². The molecule has 0 bridgehead atoms. The van der Waals surface area contributed by atoms with Gasteiger partial charge in [-0.15, -0.1) is 0 Å². The fourth-order valence-corrected chi connectivity index (χ4v) is 4.14. The highest BCUT2D eigenvalue weighted by molar-refractivity contribution is 6.05. The van der Waals surface area contributed by atoms with E-state index in [4.69, 9.17) is 0 Å². The van der Waals surface area contributed by atoms with Crippen LogP contribution < -0.4 is 10.6 Å². The summed E-state index contributed by atoms with van der Waals surface area (Å²) in [6.07, 6.45) is 3.10. The van der Waals surface area contributed by atoms with Crippen LogP contribution in [0.1, 0.15) is 65.8 Å². The van der Waals surface area contributed by atoms with Crippen LogP contribution in [0.25, 0.3) is 0 Å². The van der Waals surface area contributed by atoms with Gasteiger partial charge >= 0.3 is 0 Å². The van der Waals surface area contributed by atoms with Gasteiger partial charge in [-0.1, -0.05) is 32.0 Å². The second kappa shape index (κ2) is 11.1. The summed E-state index contributed by atoms with van der Waals surface area (Å²) in [5.74, 6) is -1.12.